The van der Waals surface area contributed by atoms with Crippen molar-refractivity contribution in [2.24, 2.45) is 0 Å². The van der Waals surface area contributed by atoms with Gasteiger partial charge >= 0.3 is 12.2 Å². The van der Waals surface area contributed by atoms with Gasteiger partial charge in [-0.25, -0.2) is 14.0 Å². The molecule has 1 aliphatic heterocycles. The highest BCUT2D eigenvalue weighted by Crippen LogP contribution is 2.28. The van der Waals surface area contributed by atoms with Crippen LogP contribution in [0.4, 0.5) is 19.7 Å². The van der Waals surface area contributed by atoms with Gasteiger partial charge in [0.05, 0.1) is 18.8 Å². The van der Waals surface area contributed by atoms with Gasteiger partial charge in [-0.15, -0.1) is 0 Å². The van der Waals surface area contributed by atoms with Crippen LogP contribution < -0.4 is 10.1 Å². The fourth-order valence-corrected chi connectivity index (χ4v) is 2.97. The molecule has 2 aromatic carbocycles. The van der Waals surface area contributed by atoms with Crippen molar-refractivity contribution in [1.82, 2.24) is 4.90 Å². The van der Waals surface area contributed by atoms with Crippen molar-refractivity contribution in [2.75, 3.05) is 25.5 Å². The Kier molecular flexibility index (Phi) is 6.50. The fourth-order valence-electron chi connectivity index (χ4n) is 2.97. The van der Waals surface area contributed by atoms with Crippen LogP contribution in [0.2, 0.25) is 0 Å². The normalized spacial score (nSPS) is 18.3. The number of hydrogen-bond donors (Lipinski definition) is 2. The Hall–Kier alpha value is -3.33. The Bertz CT molecular complexity index is 863. The number of carboxylic acid groups (broad SMARTS) is 1. The van der Waals surface area contributed by atoms with Crippen LogP contribution in [-0.4, -0.2) is 54.6 Å². The molecule has 1 saturated heterocycles. The Labute approximate surface area is 166 Å². The summed E-state index contributed by atoms with van der Waals surface area (Å²) in [6, 6.07) is 13.4. The molecule has 0 saturated carbocycles. The molecular weight excluding hydrogens is 383 g/mol. The van der Waals surface area contributed by atoms with Gasteiger partial charge in [0.1, 0.15) is 18.8 Å². The van der Waals surface area contributed by atoms with Crippen molar-refractivity contribution in [2.45, 2.75) is 18.8 Å². The van der Waals surface area contributed by atoms with E-state index in [-0.39, 0.29) is 31.1 Å². The van der Waals surface area contributed by atoms with Gasteiger partial charge in [0, 0.05) is 7.11 Å². The molecule has 1 fully saturated rings. The first-order chi connectivity index (χ1) is 14.0. The lowest BCUT2D eigenvalue weighted by Crippen LogP contribution is -2.32. The summed E-state index contributed by atoms with van der Waals surface area (Å²) in [6.07, 6.45) is -3.11. The Morgan fingerprint density at radius 1 is 1.14 bits per heavy atom. The van der Waals surface area contributed by atoms with E-state index in [0.29, 0.717) is 0 Å². The summed E-state index contributed by atoms with van der Waals surface area (Å²) in [5.74, 6) is -0.905. The van der Waals surface area contributed by atoms with Crippen LogP contribution >= 0.6 is 0 Å². The minimum Gasteiger partial charge on any atom is -0.483 e. The highest BCUT2D eigenvalue weighted by molar-refractivity contribution is 5.85. The van der Waals surface area contributed by atoms with Crippen LogP contribution in [0.1, 0.15) is 5.56 Å². The molecule has 9 heteroatoms. The lowest BCUT2D eigenvalue weighted by molar-refractivity contribution is 0.0324. The summed E-state index contributed by atoms with van der Waals surface area (Å²) in [4.78, 5) is 24.3. The van der Waals surface area contributed by atoms with Crippen LogP contribution in [0, 0.1) is 5.82 Å². The first-order valence-electron chi connectivity index (χ1n) is 8.91. The number of halogens is 1. The highest BCUT2D eigenvalue weighted by atomic mass is 19.1. The van der Waals surface area contributed by atoms with Gasteiger partial charge in [0.15, 0.2) is 11.6 Å². The molecule has 1 heterocycles. The zero-order valence-corrected chi connectivity index (χ0v) is 15.7. The van der Waals surface area contributed by atoms with E-state index in [1.807, 2.05) is 18.2 Å². The van der Waals surface area contributed by atoms with Gasteiger partial charge in [-0.1, -0.05) is 36.4 Å². The zero-order chi connectivity index (χ0) is 20.8. The number of ether oxygens (including phenoxy) is 3. The Morgan fingerprint density at radius 2 is 1.86 bits per heavy atom. The third-order valence-corrected chi connectivity index (χ3v) is 4.48. The number of carbonyl (C=O) groups is 2. The van der Waals surface area contributed by atoms with Crippen molar-refractivity contribution in [1.29, 1.82) is 0 Å². The van der Waals surface area contributed by atoms with Gasteiger partial charge in [-0.05, 0) is 17.7 Å². The molecule has 1 aliphatic rings. The van der Waals surface area contributed by atoms with Crippen LogP contribution in [-0.2, 0) is 16.1 Å². The van der Waals surface area contributed by atoms with E-state index >= 15 is 0 Å². The molecule has 0 radical (unpaired) electrons. The van der Waals surface area contributed by atoms with E-state index < -0.39 is 30.2 Å². The smallest absolute Gasteiger partial charge is 0.412 e. The minimum absolute atomic E-state index is 0.0457. The third-order valence-electron chi connectivity index (χ3n) is 4.48. The van der Waals surface area contributed by atoms with Gasteiger partial charge < -0.3 is 24.2 Å². The Morgan fingerprint density at radius 3 is 2.55 bits per heavy atom. The highest BCUT2D eigenvalue weighted by Gasteiger charge is 2.37. The predicted molar refractivity (Wildman–Crippen MR) is 101 cm³/mol. The summed E-state index contributed by atoms with van der Waals surface area (Å²) in [7, 11) is 1.43. The quantitative estimate of drug-likeness (QED) is 0.767. The first-order valence-corrected chi connectivity index (χ1v) is 8.91. The SMILES string of the molecule is COC1CN(C(=O)O)CC1Oc1cccc(NC(=O)OCc2ccccc2)c1F. The third kappa shape index (κ3) is 5.14. The van der Waals surface area contributed by atoms with Gasteiger partial charge in [0.2, 0.25) is 0 Å². The lowest BCUT2D eigenvalue weighted by Gasteiger charge is -2.19. The number of carbonyl (C=O) groups excluding carboxylic acids is 1. The zero-order valence-electron chi connectivity index (χ0n) is 15.7. The van der Waals surface area contributed by atoms with E-state index in [2.05, 4.69) is 5.32 Å². The number of amides is 2. The van der Waals surface area contributed by atoms with E-state index in [4.69, 9.17) is 19.3 Å². The fraction of sp³-hybridized carbons (Fsp3) is 0.300. The lowest BCUT2D eigenvalue weighted by atomic mass is 10.2. The van der Waals surface area contributed by atoms with Crippen molar-refractivity contribution in [3.63, 3.8) is 0 Å². The van der Waals surface area contributed by atoms with Crippen LogP contribution in [0.5, 0.6) is 5.75 Å². The number of rotatable bonds is 6. The van der Waals surface area contributed by atoms with E-state index in [0.717, 1.165) is 10.5 Å². The number of methoxy groups -OCH3 is 1. The summed E-state index contributed by atoms with van der Waals surface area (Å²) < 4.78 is 30.7. The van der Waals surface area contributed by atoms with Crippen molar-refractivity contribution in [3.8, 4) is 5.75 Å². The Balaban J connectivity index is 1.63. The van der Waals surface area contributed by atoms with E-state index in [9.17, 15) is 14.0 Å². The van der Waals surface area contributed by atoms with Crippen LogP contribution in [0.25, 0.3) is 0 Å². The standard InChI is InChI=1S/C20H21FN2O6/c1-27-16-10-23(20(25)26)11-17(16)29-15-9-5-8-14(18(15)21)22-19(24)28-12-13-6-3-2-4-7-13/h2-9,16-17H,10-12H2,1H3,(H,22,24)(H,25,26). The number of likely N-dealkylation sites (tertiary alicyclic amines) is 1. The second-order valence-electron chi connectivity index (χ2n) is 6.42. The molecule has 3 rings (SSSR count). The largest absolute Gasteiger partial charge is 0.483 e. The average Bonchev–Trinajstić information content (AvgIpc) is 3.13. The monoisotopic (exact) mass is 404 g/mol. The molecule has 0 bridgehead atoms. The molecule has 2 amide bonds. The van der Waals surface area contributed by atoms with Crippen LogP contribution in [0.3, 0.4) is 0 Å². The summed E-state index contributed by atoms with van der Waals surface area (Å²) in [6.45, 7) is 0.221. The molecule has 0 aromatic heterocycles. The maximum Gasteiger partial charge on any atom is 0.412 e. The summed E-state index contributed by atoms with van der Waals surface area (Å²) >= 11 is 0. The first kappa shape index (κ1) is 20.4. The molecule has 0 spiro atoms. The van der Waals surface area contributed by atoms with Gasteiger partial charge in [0.25, 0.3) is 0 Å². The summed E-state index contributed by atoms with van der Waals surface area (Å²) in [5, 5.41) is 11.5. The topological polar surface area (TPSA) is 97.3 Å². The molecule has 0 aliphatic carbocycles. The molecular formula is C20H21FN2O6. The average molecular weight is 404 g/mol. The maximum absolute atomic E-state index is 14.8. The predicted octanol–water partition coefficient (Wildman–Crippen LogP) is 3.33. The minimum atomic E-state index is -1.10. The molecule has 29 heavy (non-hydrogen) atoms. The molecule has 154 valence electrons. The van der Waals surface area contributed by atoms with E-state index in [1.165, 1.54) is 25.3 Å². The number of hydrogen-bond acceptors (Lipinski definition) is 5. The number of nitrogens with one attached hydrogen (secondary N) is 1. The second kappa shape index (κ2) is 9.24. The van der Waals surface area contributed by atoms with Crippen molar-refractivity contribution < 1.29 is 33.3 Å². The maximum atomic E-state index is 14.8. The number of nitrogens with zero attached hydrogens (tertiary/aromatic N) is 1. The second-order valence-corrected chi connectivity index (χ2v) is 6.42. The number of benzene rings is 2. The van der Waals surface area contributed by atoms with E-state index in [1.54, 1.807) is 12.1 Å². The molecule has 2 N–H and O–H groups in total. The van der Waals surface area contributed by atoms with Crippen molar-refractivity contribution in [3.05, 3.63) is 59.9 Å². The molecule has 8 nitrogen and oxygen atoms in total. The van der Waals surface area contributed by atoms with Crippen molar-refractivity contribution >= 4 is 17.9 Å². The van der Waals surface area contributed by atoms with Gasteiger partial charge in [-0.2, -0.15) is 0 Å². The molecule has 2 unspecified atom stereocenters. The van der Waals surface area contributed by atoms with Crippen LogP contribution in [0.15, 0.2) is 48.5 Å². The molecule has 2 atom stereocenters. The summed E-state index contributed by atoms with van der Waals surface area (Å²) in [5.41, 5.74) is 0.692. The van der Waals surface area contributed by atoms with Gasteiger partial charge in [-0.3, -0.25) is 5.32 Å². The molecule has 2 aromatic rings. The number of anilines is 1.